The van der Waals surface area contributed by atoms with Crippen LogP contribution in [0.15, 0.2) is 16.7 Å². The first kappa shape index (κ1) is 12.3. The molecule has 1 unspecified atom stereocenters. The molecule has 1 amide bonds. The number of carbonyl (C=O) groups excluding carboxylic acids is 1. The van der Waals surface area contributed by atoms with Crippen LogP contribution in [0.3, 0.4) is 0 Å². The van der Waals surface area contributed by atoms with Crippen LogP contribution in [-0.4, -0.2) is 36.7 Å². The molecule has 1 heterocycles. The summed E-state index contributed by atoms with van der Waals surface area (Å²) >= 11 is 0. The number of carboxylic acid groups (broad SMARTS) is 1. The minimum absolute atomic E-state index is 0.106. The van der Waals surface area contributed by atoms with E-state index in [0.717, 1.165) is 0 Å². The smallest absolute Gasteiger partial charge is 0.334 e. The number of hydrogen-bond acceptors (Lipinski definition) is 4. The van der Waals surface area contributed by atoms with Crippen molar-refractivity contribution in [2.75, 3.05) is 13.7 Å². The average molecular weight is 227 g/mol. The van der Waals surface area contributed by atoms with E-state index >= 15 is 0 Å². The molecule has 2 N–H and O–H groups in total. The first-order valence-electron chi connectivity index (χ1n) is 4.64. The van der Waals surface area contributed by atoms with Crippen LogP contribution in [0.4, 0.5) is 0 Å². The van der Waals surface area contributed by atoms with Gasteiger partial charge in [-0.15, -0.1) is 0 Å². The molecule has 6 nitrogen and oxygen atoms in total. The van der Waals surface area contributed by atoms with Crippen molar-refractivity contribution in [1.29, 1.82) is 0 Å². The molecule has 88 valence electrons. The van der Waals surface area contributed by atoms with Crippen LogP contribution < -0.4 is 5.32 Å². The lowest BCUT2D eigenvalue weighted by Gasteiger charge is -2.10. The Kier molecular flexibility index (Phi) is 4.07. The summed E-state index contributed by atoms with van der Waals surface area (Å²) in [6.45, 7) is 1.62. The second kappa shape index (κ2) is 5.32. The van der Waals surface area contributed by atoms with Crippen molar-refractivity contribution >= 4 is 11.9 Å². The second-order valence-electron chi connectivity index (χ2n) is 3.21. The Bertz CT molecular complexity index is 384. The molecule has 0 spiro atoms. The Morgan fingerprint density at radius 1 is 1.62 bits per heavy atom. The topological polar surface area (TPSA) is 88.8 Å². The number of carbonyl (C=O) groups is 2. The lowest BCUT2D eigenvalue weighted by atomic mass is 10.2. The van der Waals surface area contributed by atoms with Crippen LogP contribution in [0.25, 0.3) is 0 Å². The van der Waals surface area contributed by atoms with Gasteiger partial charge in [0, 0.05) is 12.7 Å². The van der Waals surface area contributed by atoms with Gasteiger partial charge < -0.3 is 19.6 Å². The van der Waals surface area contributed by atoms with Gasteiger partial charge in [0.2, 0.25) is 0 Å². The van der Waals surface area contributed by atoms with Crippen molar-refractivity contribution < 1.29 is 23.8 Å². The second-order valence-corrected chi connectivity index (χ2v) is 3.21. The summed E-state index contributed by atoms with van der Waals surface area (Å²) in [6, 6.07) is 1.65. The quantitative estimate of drug-likeness (QED) is 0.760. The summed E-state index contributed by atoms with van der Waals surface area (Å²) in [6.07, 6.45) is 0.342. The van der Waals surface area contributed by atoms with Crippen LogP contribution in [0.2, 0.25) is 0 Å². The number of rotatable bonds is 5. The lowest BCUT2D eigenvalue weighted by molar-refractivity contribution is -0.148. The van der Waals surface area contributed by atoms with Gasteiger partial charge in [-0.05, 0) is 13.0 Å². The maximum Gasteiger partial charge on any atom is 0.334 e. The molecule has 0 aliphatic carbocycles. The van der Waals surface area contributed by atoms with Gasteiger partial charge in [-0.3, -0.25) is 4.79 Å². The fraction of sp³-hybridized carbons (Fsp3) is 0.400. The van der Waals surface area contributed by atoms with Gasteiger partial charge in [-0.1, -0.05) is 0 Å². The molecule has 1 aromatic rings. The van der Waals surface area contributed by atoms with Crippen molar-refractivity contribution in [3.63, 3.8) is 0 Å². The zero-order valence-corrected chi connectivity index (χ0v) is 9.02. The van der Waals surface area contributed by atoms with Crippen molar-refractivity contribution in [3.05, 3.63) is 23.7 Å². The molecule has 0 aliphatic rings. The highest BCUT2D eigenvalue weighted by Gasteiger charge is 2.19. The summed E-state index contributed by atoms with van der Waals surface area (Å²) < 4.78 is 9.62. The summed E-state index contributed by atoms with van der Waals surface area (Å²) in [7, 11) is 1.27. The van der Waals surface area contributed by atoms with Gasteiger partial charge in [0.25, 0.3) is 5.91 Å². The third-order valence-electron chi connectivity index (χ3n) is 2.08. The van der Waals surface area contributed by atoms with Crippen LogP contribution in [0, 0.1) is 6.92 Å². The van der Waals surface area contributed by atoms with E-state index in [-0.39, 0.29) is 12.3 Å². The Labute approximate surface area is 92.2 Å². The number of amides is 1. The molecular formula is C10H13NO5. The molecule has 6 heteroatoms. The predicted octanol–water partition coefficient (Wildman–Crippen LogP) is 0.417. The van der Waals surface area contributed by atoms with E-state index in [1.807, 2.05) is 0 Å². The molecule has 1 aromatic heterocycles. The van der Waals surface area contributed by atoms with Crippen LogP contribution in [0.5, 0.6) is 0 Å². The van der Waals surface area contributed by atoms with E-state index in [1.54, 1.807) is 13.0 Å². The number of nitrogens with one attached hydrogen (secondary N) is 1. The average Bonchev–Trinajstić information content (AvgIpc) is 2.64. The van der Waals surface area contributed by atoms with Gasteiger partial charge in [0.05, 0.1) is 12.8 Å². The predicted molar refractivity (Wildman–Crippen MR) is 54.2 cm³/mol. The van der Waals surface area contributed by atoms with E-state index in [0.29, 0.717) is 5.56 Å². The molecule has 0 bridgehead atoms. The Balaban J connectivity index is 2.53. The van der Waals surface area contributed by atoms with Crippen molar-refractivity contribution in [2.45, 2.75) is 13.0 Å². The molecule has 0 aliphatic heterocycles. The Morgan fingerprint density at radius 3 is 2.75 bits per heavy atom. The minimum atomic E-state index is -1.13. The normalized spacial score (nSPS) is 12.1. The zero-order valence-electron chi connectivity index (χ0n) is 9.02. The molecule has 0 aromatic carbocycles. The van der Waals surface area contributed by atoms with E-state index in [9.17, 15) is 9.59 Å². The fourth-order valence-electron chi connectivity index (χ4n) is 1.14. The third-order valence-corrected chi connectivity index (χ3v) is 2.08. The molecule has 1 rings (SSSR count). The number of ether oxygens (including phenoxy) is 1. The maximum atomic E-state index is 11.5. The number of hydrogen-bond donors (Lipinski definition) is 2. The van der Waals surface area contributed by atoms with Gasteiger partial charge >= 0.3 is 5.97 Å². The monoisotopic (exact) mass is 227 g/mol. The largest absolute Gasteiger partial charge is 0.479 e. The van der Waals surface area contributed by atoms with Crippen LogP contribution in [0.1, 0.15) is 16.1 Å². The van der Waals surface area contributed by atoms with E-state index in [1.165, 1.54) is 13.4 Å². The zero-order chi connectivity index (χ0) is 12.1. The van der Waals surface area contributed by atoms with Gasteiger partial charge in [-0.25, -0.2) is 4.79 Å². The van der Waals surface area contributed by atoms with Gasteiger partial charge in [0.1, 0.15) is 0 Å². The number of methoxy groups -OCH3 is 1. The summed E-state index contributed by atoms with van der Waals surface area (Å²) in [5.41, 5.74) is 0.696. The van der Waals surface area contributed by atoms with Crippen LogP contribution >= 0.6 is 0 Å². The highest BCUT2D eigenvalue weighted by atomic mass is 16.5. The SMILES string of the molecule is COC(CNC(=O)c1occc1C)C(=O)O. The molecule has 0 radical (unpaired) electrons. The molecule has 0 saturated carbocycles. The summed E-state index contributed by atoms with van der Waals surface area (Å²) in [5.74, 6) is -1.40. The lowest BCUT2D eigenvalue weighted by Crippen LogP contribution is -2.37. The first-order chi connectivity index (χ1) is 7.56. The highest BCUT2D eigenvalue weighted by molar-refractivity contribution is 5.93. The van der Waals surface area contributed by atoms with Gasteiger partial charge in [-0.2, -0.15) is 0 Å². The van der Waals surface area contributed by atoms with E-state index in [4.69, 9.17) is 9.52 Å². The molecule has 0 saturated heterocycles. The Hall–Kier alpha value is -1.82. The van der Waals surface area contributed by atoms with Crippen molar-refractivity contribution in [1.82, 2.24) is 5.32 Å². The molecule has 0 fully saturated rings. The highest BCUT2D eigenvalue weighted by Crippen LogP contribution is 2.08. The minimum Gasteiger partial charge on any atom is -0.479 e. The standard InChI is InChI=1S/C10H13NO5/c1-6-3-4-16-8(6)9(12)11-5-7(15-2)10(13)14/h3-4,7H,5H2,1-2H3,(H,11,12)(H,13,14). The van der Waals surface area contributed by atoms with E-state index in [2.05, 4.69) is 10.1 Å². The molecule has 1 atom stereocenters. The number of furan rings is 1. The van der Waals surface area contributed by atoms with Gasteiger partial charge in [0.15, 0.2) is 11.9 Å². The van der Waals surface area contributed by atoms with Crippen molar-refractivity contribution in [2.24, 2.45) is 0 Å². The number of aliphatic carboxylic acids is 1. The number of carboxylic acids is 1. The third kappa shape index (κ3) is 2.83. The molecule has 16 heavy (non-hydrogen) atoms. The maximum absolute atomic E-state index is 11.5. The fourth-order valence-corrected chi connectivity index (χ4v) is 1.14. The first-order valence-corrected chi connectivity index (χ1v) is 4.64. The summed E-state index contributed by atoms with van der Waals surface area (Å²) in [4.78, 5) is 22.1. The Morgan fingerprint density at radius 2 is 2.31 bits per heavy atom. The van der Waals surface area contributed by atoms with Crippen molar-refractivity contribution in [3.8, 4) is 0 Å². The van der Waals surface area contributed by atoms with Crippen LogP contribution in [-0.2, 0) is 9.53 Å². The molecular weight excluding hydrogens is 214 g/mol. The summed E-state index contributed by atoms with van der Waals surface area (Å²) in [5, 5.41) is 11.1. The van der Waals surface area contributed by atoms with E-state index < -0.39 is 18.0 Å². The number of aryl methyl sites for hydroxylation is 1.